The summed E-state index contributed by atoms with van der Waals surface area (Å²) in [6.45, 7) is 1.14. The number of amides is 1. The van der Waals surface area contributed by atoms with Crippen LogP contribution in [0, 0.1) is 17.5 Å². The van der Waals surface area contributed by atoms with Gasteiger partial charge in [0.2, 0.25) is 0 Å². The first-order valence-corrected chi connectivity index (χ1v) is 6.46. The Bertz CT molecular complexity index is 591. The third kappa shape index (κ3) is 4.08. The molecule has 0 aliphatic carbocycles. The Morgan fingerprint density at radius 2 is 1.90 bits per heavy atom. The van der Waals surface area contributed by atoms with Crippen molar-refractivity contribution < 1.29 is 18.0 Å². The maximum atomic E-state index is 13.0. The van der Waals surface area contributed by atoms with Crippen LogP contribution in [0.3, 0.4) is 0 Å². The summed E-state index contributed by atoms with van der Waals surface area (Å²) in [5.74, 6) is -4.96. The van der Waals surface area contributed by atoms with E-state index >= 15 is 0 Å². The number of nitrogens with one attached hydrogen (secondary N) is 1. The van der Waals surface area contributed by atoms with Crippen molar-refractivity contribution >= 4 is 5.91 Å². The van der Waals surface area contributed by atoms with E-state index in [9.17, 15) is 18.0 Å². The molecular weight excluding hydrogens is 283 g/mol. The van der Waals surface area contributed by atoms with Gasteiger partial charge in [-0.05, 0) is 25.0 Å². The van der Waals surface area contributed by atoms with Gasteiger partial charge in [-0.1, -0.05) is 0 Å². The van der Waals surface area contributed by atoms with Gasteiger partial charge in [-0.25, -0.2) is 18.2 Å². The van der Waals surface area contributed by atoms with Crippen LogP contribution < -0.4 is 5.32 Å². The predicted molar refractivity (Wildman–Crippen MR) is 70.1 cm³/mol. The van der Waals surface area contributed by atoms with Crippen molar-refractivity contribution in [2.45, 2.75) is 19.4 Å². The summed E-state index contributed by atoms with van der Waals surface area (Å²) in [6.07, 6.45) is 6.74. The van der Waals surface area contributed by atoms with Crippen LogP contribution in [-0.4, -0.2) is 22.0 Å². The summed E-state index contributed by atoms with van der Waals surface area (Å²) in [5.41, 5.74) is -0.235. The molecule has 1 heterocycles. The highest BCUT2D eigenvalue weighted by molar-refractivity contribution is 5.94. The minimum Gasteiger partial charge on any atom is -0.352 e. The quantitative estimate of drug-likeness (QED) is 0.658. The van der Waals surface area contributed by atoms with E-state index in [0.717, 1.165) is 13.0 Å². The van der Waals surface area contributed by atoms with Crippen LogP contribution in [0.5, 0.6) is 0 Å². The van der Waals surface area contributed by atoms with E-state index in [-0.39, 0.29) is 5.56 Å². The normalized spacial score (nSPS) is 10.6. The van der Waals surface area contributed by atoms with E-state index in [1.165, 1.54) is 0 Å². The number of hydrogen-bond acceptors (Lipinski definition) is 2. The number of benzene rings is 1. The van der Waals surface area contributed by atoms with Gasteiger partial charge in [-0.3, -0.25) is 4.79 Å². The van der Waals surface area contributed by atoms with Crippen LogP contribution in [0.4, 0.5) is 13.2 Å². The monoisotopic (exact) mass is 297 g/mol. The summed E-state index contributed by atoms with van der Waals surface area (Å²) in [6, 6.07) is 1.36. The Hall–Kier alpha value is -2.31. The average molecular weight is 297 g/mol. The number of carbonyl (C=O) groups is 1. The third-order valence-corrected chi connectivity index (χ3v) is 2.93. The molecule has 0 radical (unpaired) electrons. The lowest BCUT2D eigenvalue weighted by Gasteiger charge is -2.06. The van der Waals surface area contributed by atoms with Gasteiger partial charge in [0.05, 0.1) is 6.33 Å². The molecule has 0 aliphatic rings. The Morgan fingerprint density at radius 3 is 2.52 bits per heavy atom. The molecule has 1 N–H and O–H groups in total. The lowest BCUT2D eigenvalue weighted by Crippen LogP contribution is -2.25. The number of carbonyl (C=O) groups excluding carboxylic acids is 1. The van der Waals surface area contributed by atoms with E-state index in [1.54, 1.807) is 12.5 Å². The Labute approximate surface area is 119 Å². The van der Waals surface area contributed by atoms with Crippen LogP contribution in [0.2, 0.25) is 0 Å². The minimum atomic E-state index is -1.58. The molecule has 0 aliphatic heterocycles. The fourth-order valence-electron chi connectivity index (χ4n) is 1.83. The molecule has 0 fully saturated rings. The molecule has 21 heavy (non-hydrogen) atoms. The van der Waals surface area contributed by atoms with E-state index in [2.05, 4.69) is 10.3 Å². The molecule has 1 amide bonds. The molecule has 0 spiro atoms. The molecule has 0 saturated heterocycles. The predicted octanol–water partition coefficient (Wildman–Crippen LogP) is 2.51. The van der Waals surface area contributed by atoms with Crippen molar-refractivity contribution in [1.29, 1.82) is 0 Å². The first-order chi connectivity index (χ1) is 10.1. The Balaban J connectivity index is 1.77. The molecule has 2 rings (SSSR count). The molecule has 1 aromatic heterocycles. The van der Waals surface area contributed by atoms with Crippen molar-refractivity contribution in [2.24, 2.45) is 0 Å². The van der Waals surface area contributed by atoms with Gasteiger partial charge in [0.25, 0.3) is 5.91 Å². The second-order valence-electron chi connectivity index (χ2n) is 4.52. The van der Waals surface area contributed by atoms with Gasteiger partial charge in [0.1, 0.15) is 0 Å². The molecule has 7 heteroatoms. The summed E-state index contributed by atoms with van der Waals surface area (Å²) in [5, 5.41) is 2.53. The SMILES string of the molecule is O=C(NCCCCn1ccnc1)c1cc(F)c(F)c(F)c1. The number of aryl methyl sites for hydroxylation is 1. The lowest BCUT2D eigenvalue weighted by atomic mass is 10.2. The van der Waals surface area contributed by atoms with Gasteiger partial charge in [-0.2, -0.15) is 0 Å². The minimum absolute atomic E-state index is 0.235. The number of halogens is 3. The van der Waals surface area contributed by atoms with E-state index in [0.29, 0.717) is 25.1 Å². The van der Waals surface area contributed by atoms with E-state index in [1.807, 2.05) is 10.8 Å². The number of nitrogens with zero attached hydrogens (tertiary/aromatic N) is 2. The van der Waals surface area contributed by atoms with Crippen LogP contribution >= 0.6 is 0 Å². The third-order valence-electron chi connectivity index (χ3n) is 2.93. The van der Waals surface area contributed by atoms with Crippen molar-refractivity contribution in [3.8, 4) is 0 Å². The number of aromatic nitrogens is 2. The van der Waals surface area contributed by atoms with Gasteiger partial charge in [-0.15, -0.1) is 0 Å². The maximum absolute atomic E-state index is 13.0. The van der Waals surface area contributed by atoms with Crippen molar-refractivity contribution in [2.75, 3.05) is 6.54 Å². The molecule has 1 aromatic carbocycles. The molecule has 2 aromatic rings. The number of imidazole rings is 1. The zero-order valence-electron chi connectivity index (χ0n) is 11.2. The lowest BCUT2D eigenvalue weighted by molar-refractivity contribution is 0.0951. The maximum Gasteiger partial charge on any atom is 0.251 e. The van der Waals surface area contributed by atoms with Gasteiger partial charge in [0.15, 0.2) is 17.5 Å². The highest BCUT2D eigenvalue weighted by Crippen LogP contribution is 2.13. The number of hydrogen-bond donors (Lipinski definition) is 1. The number of rotatable bonds is 6. The molecule has 0 atom stereocenters. The summed E-state index contributed by atoms with van der Waals surface area (Å²) in [7, 11) is 0. The summed E-state index contributed by atoms with van der Waals surface area (Å²) >= 11 is 0. The van der Waals surface area contributed by atoms with E-state index < -0.39 is 23.4 Å². The zero-order chi connectivity index (χ0) is 15.2. The molecular formula is C14H14F3N3O. The molecule has 112 valence electrons. The first-order valence-electron chi connectivity index (χ1n) is 6.46. The van der Waals surface area contributed by atoms with Crippen LogP contribution in [0.15, 0.2) is 30.9 Å². The highest BCUT2D eigenvalue weighted by atomic mass is 19.2. The average Bonchev–Trinajstić information content (AvgIpc) is 2.96. The van der Waals surface area contributed by atoms with Gasteiger partial charge < -0.3 is 9.88 Å². The topological polar surface area (TPSA) is 46.9 Å². The van der Waals surface area contributed by atoms with Crippen molar-refractivity contribution in [3.63, 3.8) is 0 Å². The standard InChI is InChI=1S/C14H14F3N3O/c15-11-7-10(8-12(16)13(11)17)14(21)19-3-1-2-5-20-6-4-18-9-20/h4,6-9H,1-3,5H2,(H,19,21). The van der Waals surface area contributed by atoms with Crippen molar-refractivity contribution in [1.82, 2.24) is 14.9 Å². The van der Waals surface area contributed by atoms with Crippen LogP contribution in [-0.2, 0) is 6.54 Å². The largest absolute Gasteiger partial charge is 0.352 e. The van der Waals surface area contributed by atoms with Crippen LogP contribution in [0.1, 0.15) is 23.2 Å². The van der Waals surface area contributed by atoms with Crippen molar-refractivity contribution in [3.05, 3.63) is 53.9 Å². The summed E-state index contributed by atoms with van der Waals surface area (Å²) < 4.78 is 40.7. The highest BCUT2D eigenvalue weighted by Gasteiger charge is 2.14. The summed E-state index contributed by atoms with van der Waals surface area (Å²) in [4.78, 5) is 15.6. The fourth-order valence-corrected chi connectivity index (χ4v) is 1.83. The molecule has 4 nitrogen and oxygen atoms in total. The molecule has 0 bridgehead atoms. The van der Waals surface area contributed by atoms with E-state index in [4.69, 9.17) is 0 Å². The Morgan fingerprint density at radius 1 is 1.19 bits per heavy atom. The van der Waals surface area contributed by atoms with Gasteiger partial charge in [0, 0.05) is 31.0 Å². The van der Waals surface area contributed by atoms with Gasteiger partial charge >= 0.3 is 0 Å². The second kappa shape index (κ2) is 6.92. The zero-order valence-corrected chi connectivity index (χ0v) is 11.2. The molecule has 0 unspecified atom stereocenters. The fraction of sp³-hybridized carbons (Fsp3) is 0.286. The Kier molecular flexibility index (Phi) is 4.97. The number of unbranched alkanes of at least 4 members (excludes halogenated alkanes) is 1. The molecule has 0 saturated carbocycles. The second-order valence-corrected chi connectivity index (χ2v) is 4.52. The smallest absolute Gasteiger partial charge is 0.251 e. The first kappa shape index (κ1) is 15.1. The van der Waals surface area contributed by atoms with Crippen LogP contribution in [0.25, 0.3) is 0 Å².